The normalized spacial score (nSPS) is 14.5. The maximum atomic E-state index is 10.4. The van der Waals surface area contributed by atoms with Gasteiger partial charge in [0.2, 0.25) is 0 Å². The van der Waals surface area contributed by atoms with E-state index < -0.39 is 5.97 Å². The molecule has 0 aromatic rings. The average molecular weight is 405 g/mol. The third-order valence-corrected chi connectivity index (χ3v) is 5.36. The largest absolute Gasteiger partial charge is 0.481 e. The molecule has 0 bridgehead atoms. The Morgan fingerprint density at radius 3 is 1.97 bits per heavy atom. The van der Waals surface area contributed by atoms with E-state index in [2.05, 4.69) is 64.2 Å². The lowest BCUT2D eigenvalue weighted by molar-refractivity contribution is -0.137. The van der Waals surface area contributed by atoms with Crippen LogP contribution in [0.5, 0.6) is 0 Å². The van der Waals surface area contributed by atoms with E-state index in [1.807, 2.05) is 0 Å². The van der Waals surface area contributed by atoms with Gasteiger partial charge in [-0.1, -0.05) is 89.8 Å². The predicted octanol–water partition coefficient (Wildman–Crippen LogP) is 8.74. The highest BCUT2D eigenvalue weighted by atomic mass is 16.4. The Bertz CT molecular complexity index is 459. The summed E-state index contributed by atoms with van der Waals surface area (Å²) < 4.78 is 0. The van der Waals surface area contributed by atoms with Gasteiger partial charge in [-0.25, -0.2) is 0 Å². The molecule has 0 aromatic heterocycles. The first-order valence-corrected chi connectivity index (χ1v) is 12.1. The van der Waals surface area contributed by atoms with Crippen molar-refractivity contribution in [2.24, 2.45) is 17.8 Å². The van der Waals surface area contributed by atoms with Gasteiger partial charge in [0.1, 0.15) is 0 Å². The van der Waals surface area contributed by atoms with Gasteiger partial charge in [-0.05, 0) is 69.1 Å². The van der Waals surface area contributed by atoms with Gasteiger partial charge in [0, 0.05) is 6.42 Å². The van der Waals surface area contributed by atoms with Crippen LogP contribution < -0.4 is 0 Å². The molecule has 168 valence electrons. The van der Waals surface area contributed by atoms with Crippen LogP contribution in [-0.4, -0.2) is 11.1 Å². The molecule has 0 saturated carbocycles. The molecule has 2 unspecified atom stereocenters. The number of carbonyl (C=O) groups is 1. The second-order valence-electron chi connectivity index (χ2n) is 9.16. The summed E-state index contributed by atoms with van der Waals surface area (Å²) in [6.45, 7) is 9.35. The topological polar surface area (TPSA) is 37.3 Å². The lowest BCUT2D eigenvalue weighted by Crippen LogP contribution is -1.95. The van der Waals surface area contributed by atoms with Crippen LogP contribution in [0.2, 0.25) is 0 Å². The fourth-order valence-corrected chi connectivity index (χ4v) is 3.40. The Morgan fingerprint density at radius 1 is 0.724 bits per heavy atom. The molecule has 0 amide bonds. The number of allylic oxidation sites excluding steroid dienone is 6. The first-order valence-electron chi connectivity index (χ1n) is 12.1. The minimum atomic E-state index is -0.700. The molecule has 2 atom stereocenters. The molecular formula is C27H48O2. The van der Waals surface area contributed by atoms with Crippen molar-refractivity contribution in [2.45, 2.75) is 111 Å². The maximum Gasteiger partial charge on any atom is 0.303 e. The van der Waals surface area contributed by atoms with Gasteiger partial charge >= 0.3 is 5.97 Å². The van der Waals surface area contributed by atoms with Gasteiger partial charge in [0.05, 0.1) is 0 Å². The highest BCUT2D eigenvalue weighted by Crippen LogP contribution is 2.17. The zero-order chi connectivity index (χ0) is 21.7. The summed E-state index contributed by atoms with van der Waals surface area (Å²) in [5, 5.41) is 8.57. The number of aliphatic carboxylic acids is 1. The van der Waals surface area contributed by atoms with Gasteiger partial charge in [-0.2, -0.15) is 0 Å². The van der Waals surface area contributed by atoms with Crippen LogP contribution in [0.15, 0.2) is 36.5 Å². The third kappa shape index (κ3) is 22.8. The standard InChI is InChI=1S/C27H48O2/c1-24(2)18-16-20-26(4)22-17-21-25(3)19-14-12-10-8-6-5-7-9-11-13-15-23-27(28)29/h6,8-9,11,17,22,24-26H,5,7,10,12-16,18-21,23H2,1-4H3,(H,28,29). The van der Waals surface area contributed by atoms with Gasteiger partial charge in [0.15, 0.2) is 0 Å². The minimum Gasteiger partial charge on any atom is -0.481 e. The first kappa shape index (κ1) is 27.7. The molecule has 2 nitrogen and oxygen atoms in total. The molecule has 0 fully saturated rings. The molecule has 0 aliphatic rings. The van der Waals surface area contributed by atoms with Crippen molar-refractivity contribution >= 4 is 5.97 Å². The third-order valence-electron chi connectivity index (χ3n) is 5.36. The molecule has 0 aliphatic carbocycles. The fraction of sp³-hybridized carbons (Fsp3) is 0.741. The number of carboxylic acid groups (broad SMARTS) is 1. The van der Waals surface area contributed by atoms with E-state index in [-0.39, 0.29) is 6.42 Å². The zero-order valence-electron chi connectivity index (χ0n) is 19.7. The second-order valence-corrected chi connectivity index (χ2v) is 9.16. The zero-order valence-corrected chi connectivity index (χ0v) is 19.7. The van der Waals surface area contributed by atoms with Crippen LogP contribution in [0.4, 0.5) is 0 Å². The molecule has 1 N–H and O–H groups in total. The van der Waals surface area contributed by atoms with Crippen LogP contribution in [-0.2, 0) is 4.79 Å². The van der Waals surface area contributed by atoms with Crippen molar-refractivity contribution in [1.82, 2.24) is 0 Å². The van der Waals surface area contributed by atoms with E-state index in [0.717, 1.165) is 43.4 Å². The van der Waals surface area contributed by atoms with Gasteiger partial charge in [0.25, 0.3) is 0 Å². The first-order chi connectivity index (χ1) is 13.9. The van der Waals surface area contributed by atoms with Gasteiger partial charge in [-0.3, -0.25) is 4.79 Å². The molecular weight excluding hydrogens is 356 g/mol. The van der Waals surface area contributed by atoms with Crippen molar-refractivity contribution in [2.75, 3.05) is 0 Å². The van der Waals surface area contributed by atoms with Crippen LogP contribution in [0.1, 0.15) is 111 Å². The Balaban J connectivity index is 3.53. The van der Waals surface area contributed by atoms with Crippen LogP contribution >= 0.6 is 0 Å². The van der Waals surface area contributed by atoms with Crippen LogP contribution in [0.3, 0.4) is 0 Å². The number of hydrogen-bond acceptors (Lipinski definition) is 1. The van der Waals surface area contributed by atoms with E-state index >= 15 is 0 Å². The quantitative estimate of drug-likeness (QED) is 0.172. The van der Waals surface area contributed by atoms with E-state index in [1.54, 1.807) is 0 Å². The molecule has 29 heavy (non-hydrogen) atoms. The highest BCUT2D eigenvalue weighted by Gasteiger charge is 2.02. The molecule has 0 radical (unpaired) electrons. The van der Waals surface area contributed by atoms with Crippen molar-refractivity contribution < 1.29 is 9.90 Å². The van der Waals surface area contributed by atoms with Crippen molar-refractivity contribution in [3.8, 4) is 0 Å². The SMILES string of the molecule is CC(C)CCCC(C)C=CCC(C)CCCCC=CCCC=CCCCC(=O)O. The number of hydrogen-bond donors (Lipinski definition) is 1. The van der Waals surface area contributed by atoms with Crippen LogP contribution in [0, 0.1) is 17.8 Å². The highest BCUT2D eigenvalue weighted by molar-refractivity contribution is 5.66. The maximum absolute atomic E-state index is 10.4. The Labute approximate surface area is 181 Å². The van der Waals surface area contributed by atoms with E-state index in [4.69, 9.17) is 5.11 Å². The lowest BCUT2D eigenvalue weighted by Gasteiger charge is -2.10. The molecule has 0 spiro atoms. The summed E-state index contributed by atoms with van der Waals surface area (Å²) in [7, 11) is 0. The molecule has 0 heterocycles. The van der Waals surface area contributed by atoms with Crippen molar-refractivity contribution in [1.29, 1.82) is 0 Å². The van der Waals surface area contributed by atoms with E-state index in [1.165, 1.54) is 51.4 Å². The van der Waals surface area contributed by atoms with Crippen molar-refractivity contribution in [3.05, 3.63) is 36.5 Å². The van der Waals surface area contributed by atoms with Gasteiger partial charge in [-0.15, -0.1) is 0 Å². The summed E-state index contributed by atoms with van der Waals surface area (Å²) in [5.41, 5.74) is 0. The Kier molecular flexibility index (Phi) is 19.1. The lowest BCUT2D eigenvalue weighted by atomic mass is 9.96. The summed E-state index contributed by atoms with van der Waals surface area (Å²) in [6, 6.07) is 0. The molecule has 0 aliphatic heterocycles. The monoisotopic (exact) mass is 404 g/mol. The molecule has 0 rings (SSSR count). The van der Waals surface area contributed by atoms with E-state index in [0.29, 0.717) is 0 Å². The smallest absolute Gasteiger partial charge is 0.303 e. The van der Waals surface area contributed by atoms with E-state index in [9.17, 15) is 4.79 Å². The summed E-state index contributed by atoms with van der Waals surface area (Å²) in [4.78, 5) is 10.4. The van der Waals surface area contributed by atoms with Gasteiger partial charge < -0.3 is 5.11 Å². The fourth-order valence-electron chi connectivity index (χ4n) is 3.40. The molecule has 0 aromatic carbocycles. The number of carboxylic acids is 1. The Morgan fingerprint density at radius 2 is 1.34 bits per heavy atom. The summed E-state index contributed by atoms with van der Waals surface area (Å²) in [6.07, 6.45) is 28.2. The summed E-state index contributed by atoms with van der Waals surface area (Å²) in [5.74, 6) is 1.66. The minimum absolute atomic E-state index is 0.275. The number of rotatable bonds is 19. The van der Waals surface area contributed by atoms with Crippen molar-refractivity contribution in [3.63, 3.8) is 0 Å². The Hall–Kier alpha value is -1.31. The molecule has 0 saturated heterocycles. The van der Waals surface area contributed by atoms with Crippen LogP contribution in [0.25, 0.3) is 0 Å². The molecule has 2 heteroatoms. The number of unbranched alkanes of at least 4 members (excludes halogenated alkanes) is 4. The predicted molar refractivity (Wildman–Crippen MR) is 128 cm³/mol. The average Bonchev–Trinajstić information content (AvgIpc) is 2.65. The summed E-state index contributed by atoms with van der Waals surface area (Å²) >= 11 is 0. The second kappa shape index (κ2) is 20.0.